The van der Waals surface area contributed by atoms with E-state index in [9.17, 15) is 5.11 Å². The van der Waals surface area contributed by atoms with Crippen molar-refractivity contribution in [2.75, 3.05) is 26.8 Å². The molecule has 3 heteroatoms. The van der Waals surface area contributed by atoms with Crippen LogP contribution in [-0.2, 0) is 11.2 Å². The molecule has 0 saturated heterocycles. The fourth-order valence-electron chi connectivity index (χ4n) is 1.72. The van der Waals surface area contributed by atoms with Gasteiger partial charge in [-0.05, 0) is 43.5 Å². The summed E-state index contributed by atoms with van der Waals surface area (Å²) in [6.07, 6.45) is 0.978. The molecule has 0 bridgehead atoms. The second kappa shape index (κ2) is 6.51. The Balaban J connectivity index is 2.43. The van der Waals surface area contributed by atoms with Gasteiger partial charge in [0, 0.05) is 13.7 Å². The molecule has 0 atom stereocenters. The fraction of sp³-hybridized carbons (Fsp3) is 0.538. The third kappa shape index (κ3) is 3.83. The first-order valence-corrected chi connectivity index (χ1v) is 5.64. The lowest BCUT2D eigenvalue weighted by Crippen LogP contribution is -2.21. The lowest BCUT2D eigenvalue weighted by molar-refractivity contribution is 0.199. The number of hydrogen-bond donors (Lipinski definition) is 2. The Labute approximate surface area is 97.4 Å². The SMILES string of the molecule is COCCNCCc1cc(C)c(O)c(C)c1. The maximum Gasteiger partial charge on any atom is 0.121 e. The van der Waals surface area contributed by atoms with Crippen LogP contribution in [0.4, 0.5) is 0 Å². The normalized spacial score (nSPS) is 10.7. The topological polar surface area (TPSA) is 41.5 Å². The molecule has 90 valence electrons. The predicted molar refractivity (Wildman–Crippen MR) is 66.0 cm³/mol. The molecule has 0 aliphatic rings. The Kier molecular flexibility index (Phi) is 5.29. The third-order valence-electron chi connectivity index (χ3n) is 2.62. The van der Waals surface area contributed by atoms with Crippen molar-refractivity contribution >= 4 is 0 Å². The summed E-state index contributed by atoms with van der Waals surface area (Å²) in [6, 6.07) is 4.08. The lowest BCUT2D eigenvalue weighted by atomic mass is 10.0. The molecule has 0 aromatic heterocycles. The number of methoxy groups -OCH3 is 1. The predicted octanol–water partition coefficient (Wildman–Crippen LogP) is 1.79. The first-order valence-electron chi connectivity index (χ1n) is 5.64. The summed E-state index contributed by atoms with van der Waals surface area (Å²) >= 11 is 0. The summed E-state index contributed by atoms with van der Waals surface area (Å²) < 4.78 is 4.95. The molecule has 3 nitrogen and oxygen atoms in total. The number of nitrogens with one attached hydrogen (secondary N) is 1. The number of rotatable bonds is 6. The zero-order valence-electron chi connectivity index (χ0n) is 10.3. The summed E-state index contributed by atoms with van der Waals surface area (Å²) in [5, 5.41) is 12.9. The molecule has 1 rings (SSSR count). The quantitative estimate of drug-likeness (QED) is 0.722. The number of aryl methyl sites for hydroxylation is 2. The van der Waals surface area contributed by atoms with E-state index in [4.69, 9.17) is 4.74 Å². The largest absolute Gasteiger partial charge is 0.507 e. The van der Waals surface area contributed by atoms with Crippen molar-refractivity contribution in [1.29, 1.82) is 0 Å². The summed E-state index contributed by atoms with van der Waals surface area (Å²) in [6.45, 7) is 6.43. The highest BCUT2D eigenvalue weighted by Crippen LogP contribution is 2.22. The molecule has 0 spiro atoms. The van der Waals surface area contributed by atoms with Gasteiger partial charge in [0.25, 0.3) is 0 Å². The van der Waals surface area contributed by atoms with Crippen LogP contribution in [0.5, 0.6) is 5.75 Å². The molecule has 0 amide bonds. The summed E-state index contributed by atoms with van der Waals surface area (Å²) in [7, 11) is 1.70. The van der Waals surface area contributed by atoms with E-state index in [-0.39, 0.29) is 0 Å². The molecule has 1 aromatic carbocycles. The smallest absolute Gasteiger partial charge is 0.121 e. The van der Waals surface area contributed by atoms with Crippen LogP contribution < -0.4 is 5.32 Å². The molecule has 2 N–H and O–H groups in total. The minimum atomic E-state index is 0.413. The molecule has 0 unspecified atom stereocenters. The van der Waals surface area contributed by atoms with Gasteiger partial charge in [-0.1, -0.05) is 12.1 Å². The van der Waals surface area contributed by atoms with E-state index in [0.29, 0.717) is 5.75 Å². The summed E-state index contributed by atoms with van der Waals surface area (Å²) in [5.74, 6) is 0.413. The van der Waals surface area contributed by atoms with Gasteiger partial charge in [0.2, 0.25) is 0 Å². The fourth-order valence-corrected chi connectivity index (χ4v) is 1.72. The van der Waals surface area contributed by atoms with Crippen LogP contribution in [0.3, 0.4) is 0 Å². The number of phenols is 1. The number of benzene rings is 1. The molecule has 0 fully saturated rings. The van der Waals surface area contributed by atoms with E-state index in [1.54, 1.807) is 7.11 Å². The molecule has 1 aromatic rings. The molecule has 0 aliphatic heterocycles. The molecular formula is C13H21NO2. The first-order chi connectivity index (χ1) is 7.65. The van der Waals surface area contributed by atoms with Crippen LogP contribution >= 0.6 is 0 Å². The monoisotopic (exact) mass is 223 g/mol. The van der Waals surface area contributed by atoms with Crippen molar-refractivity contribution in [2.24, 2.45) is 0 Å². The molecule has 0 radical (unpaired) electrons. The van der Waals surface area contributed by atoms with Gasteiger partial charge in [-0.3, -0.25) is 0 Å². The molecule has 0 heterocycles. The van der Waals surface area contributed by atoms with Gasteiger partial charge in [-0.15, -0.1) is 0 Å². The Morgan fingerprint density at radius 2 is 1.81 bits per heavy atom. The van der Waals surface area contributed by atoms with Crippen LogP contribution in [0.25, 0.3) is 0 Å². The average Bonchev–Trinajstić information content (AvgIpc) is 2.25. The number of hydrogen-bond acceptors (Lipinski definition) is 3. The van der Waals surface area contributed by atoms with Crippen LogP contribution in [0.15, 0.2) is 12.1 Å². The minimum Gasteiger partial charge on any atom is -0.507 e. The van der Waals surface area contributed by atoms with Crippen molar-refractivity contribution < 1.29 is 9.84 Å². The van der Waals surface area contributed by atoms with E-state index in [1.165, 1.54) is 5.56 Å². The second-order valence-corrected chi connectivity index (χ2v) is 4.07. The minimum absolute atomic E-state index is 0.413. The van der Waals surface area contributed by atoms with Gasteiger partial charge in [0.1, 0.15) is 5.75 Å². The molecule has 0 saturated carbocycles. The van der Waals surface area contributed by atoms with E-state index in [0.717, 1.165) is 37.2 Å². The number of phenolic OH excluding ortho intramolecular Hbond substituents is 1. The van der Waals surface area contributed by atoms with E-state index >= 15 is 0 Å². The highest BCUT2D eigenvalue weighted by Gasteiger charge is 2.02. The zero-order valence-corrected chi connectivity index (χ0v) is 10.3. The zero-order chi connectivity index (χ0) is 12.0. The lowest BCUT2D eigenvalue weighted by Gasteiger charge is -2.08. The van der Waals surface area contributed by atoms with Gasteiger partial charge in [-0.2, -0.15) is 0 Å². The van der Waals surface area contributed by atoms with Crippen molar-refractivity contribution in [3.8, 4) is 5.75 Å². The van der Waals surface area contributed by atoms with Gasteiger partial charge in [-0.25, -0.2) is 0 Å². The van der Waals surface area contributed by atoms with E-state index in [2.05, 4.69) is 5.32 Å². The third-order valence-corrected chi connectivity index (χ3v) is 2.62. The first kappa shape index (κ1) is 13.0. The molecular weight excluding hydrogens is 202 g/mol. The van der Waals surface area contributed by atoms with Gasteiger partial charge >= 0.3 is 0 Å². The Bertz CT molecular complexity index is 314. The number of ether oxygens (including phenoxy) is 1. The average molecular weight is 223 g/mol. The second-order valence-electron chi connectivity index (χ2n) is 4.07. The Hall–Kier alpha value is -1.06. The van der Waals surface area contributed by atoms with Crippen LogP contribution in [0, 0.1) is 13.8 Å². The van der Waals surface area contributed by atoms with Gasteiger partial charge in [0.15, 0.2) is 0 Å². The van der Waals surface area contributed by atoms with Crippen LogP contribution in [0.1, 0.15) is 16.7 Å². The molecule has 16 heavy (non-hydrogen) atoms. The highest BCUT2D eigenvalue weighted by molar-refractivity contribution is 5.42. The Morgan fingerprint density at radius 1 is 1.19 bits per heavy atom. The van der Waals surface area contributed by atoms with Crippen LogP contribution in [0.2, 0.25) is 0 Å². The maximum absolute atomic E-state index is 9.64. The van der Waals surface area contributed by atoms with Crippen molar-refractivity contribution in [3.63, 3.8) is 0 Å². The van der Waals surface area contributed by atoms with Gasteiger partial charge in [0.05, 0.1) is 6.61 Å². The van der Waals surface area contributed by atoms with Gasteiger partial charge < -0.3 is 15.2 Å². The summed E-state index contributed by atoms with van der Waals surface area (Å²) in [4.78, 5) is 0. The standard InChI is InChI=1S/C13H21NO2/c1-10-8-12(9-11(2)13(10)15)4-5-14-6-7-16-3/h8-9,14-15H,4-7H2,1-3H3. The summed E-state index contributed by atoms with van der Waals surface area (Å²) in [5.41, 5.74) is 3.16. The van der Waals surface area contributed by atoms with E-state index < -0.39 is 0 Å². The van der Waals surface area contributed by atoms with Crippen molar-refractivity contribution in [1.82, 2.24) is 5.32 Å². The van der Waals surface area contributed by atoms with Crippen LogP contribution in [-0.4, -0.2) is 31.9 Å². The highest BCUT2D eigenvalue weighted by atomic mass is 16.5. The van der Waals surface area contributed by atoms with E-state index in [1.807, 2.05) is 26.0 Å². The van der Waals surface area contributed by atoms with Crippen molar-refractivity contribution in [3.05, 3.63) is 28.8 Å². The van der Waals surface area contributed by atoms with Crippen molar-refractivity contribution in [2.45, 2.75) is 20.3 Å². The number of aromatic hydroxyl groups is 1. The molecule has 0 aliphatic carbocycles. The maximum atomic E-state index is 9.64. The Morgan fingerprint density at radius 3 is 2.38 bits per heavy atom.